The maximum Gasteiger partial charge on any atom is 0.290 e. The summed E-state index contributed by atoms with van der Waals surface area (Å²) in [5.74, 6) is 1.10. The Kier molecular flexibility index (Phi) is 23.9. The smallest absolute Gasteiger partial charge is 0.290 e. The standard InChI is InChI=1S/C2H6S2.CH2O2/c1-2-4-3;2-1-3/h3H,2H2,1H3;1H,(H,2,3). The van der Waals surface area contributed by atoms with Crippen molar-refractivity contribution >= 4 is 28.9 Å². The highest BCUT2D eigenvalue weighted by atomic mass is 33.1. The fourth-order valence-electron chi connectivity index (χ4n) is 0. The third kappa shape index (κ3) is 78.4. The van der Waals surface area contributed by atoms with Gasteiger partial charge in [0.25, 0.3) is 6.47 Å². The lowest BCUT2D eigenvalue weighted by Gasteiger charge is -1.68. The van der Waals surface area contributed by atoms with Gasteiger partial charge in [0, 0.05) is 5.75 Å². The number of carboxylic acid groups (broad SMARTS) is 1. The molecule has 0 aliphatic rings. The van der Waals surface area contributed by atoms with Crippen molar-refractivity contribution < 1.29 is 9.90 Å². The highest BCUT2D eigenvalue weighted by Crippen LogP contribution is 2.00. The van der Waals surface area contributed by atoms with Crippen LogP contribution in [-0.4, -0.2) is 17.3 Å². The van der Waals surface area contributed by atoms with Crippen molar-refractivity contribution in [3.63, 3.8) is 0 Å². The Hall–Kier alpha value is 0.170. The van der Waals surface area contributed by atoms with E-state index in [-0.39, 0.29) is 6.47 Å². The van der Waals surface area contributed by atoms with Crippen molar-refractivity contribution in [2.75, 3.05) is 5.75 Å². The number of carbonyl (C=O) groups is 1. The average molecular weight is 140 g/mol. The maximum atomic E-state index is 8.36. The van der Waals surface area contributed by atoms with E-state index in [0.717, 1.165) is 5.75 Å². The molecular weight excluding hydrogens is 132 g/mol. The Morgan fingerprint density at radius 2 is 2.14 bits per heavy atom. The van der Waals surface area contributed by atoms with Gasteiger partial charge in [0.15, 0.2) is 0 Å². The first-order valence-corrected chi connectivity index (χ1v) is 3.71. The molecule has 2 nitrogen and oxygen atoms in total. The Bertz CT molecular complexity index is 30.1. The lowest BCUT2D eigenvalue weighted by molar-refractivity contribution is -0.122. The monoisotopic (exact) mass is 140 g/mol. The molecule has 0 aliphatic carbocycles. The maximum absolute atomic E-state index is 8.36. The van der Waals surface area contributed by atoms with Gasteiger partial charge in [-0.3, -0.25) is 4.79 Å². The Morgan fingerprint density at radius 3 is 2.14 bits per heavy atom. The van der Waals surface area contributed by atoms with Crippen molar-refractivity contribution in [1.29, 1.82) is 0 Å². The van der Waals surface area contributed by atoms with Crippen LogP contribution >= 0.6 is 22.5 Å². The van der Waals surface area contributed by atoms with E-state index in [4.69, 9.17) is 9.90 Å². The summed E-state index contributed by atoms with van der Waals surface area (Å²) >= 11 is 3.84. The first-order chi connectivity index (χ1) is 3.33. The summed E-state index contributed by atoms with van der Waals surface area (Å²) in [6.07, 6.45) is 0. The van der Waals surface area contributed by atoms with Gasteiger partial charge in [-0.2, -0.15) is 0 Å². The van der Waals surface area contributed by atoms with Gasteiger partial charge < -0.3 is 5.11 Å². The molecule has 0 amide bonds. The van der Waals surface area contributed by atoms with Crippen LogP contribution < -0.4 is 0 Å². The van der Waals surface area contributed by atoms with Crippen LogP contribution in [0.3, 0.4) is 0 Å². The average Bonchev–Trinajstić information content (AvgIpc) is 1.69. The van der Waals surface area contributed by atoms with E-state index < -0.39 is 0 Å². The van der Waals surface area contributed by atoms with E-state index in [9.17, 15) is 0 Å². The zero-order valence-electron chi connectivity index (χ0n) is 4.00. The van der Waals surface area contributed by atoms with Crippen LogP contribution in [0.1, 0.15) is 6.92 Å². The van der Waals surface area contributed by atoms with Gasteiger partial charge in [-0.25, -0.2) is 0 Å². The summed E-state index contributed by atoms with van der Waals surface area (Å²) in [5, 5.41) is 6.89. The van der Waals surface area contributed by atoms with Gasteiger partial charge in [-0.15, -0.1) is 11.7 Å². The molecule has 0 aliphatic heterocycles. The zero-order chi connectivity index (χ0) is 6.12. The molecule has 0 radical (unpaired) electrons. The molecule has 44 valence electrons. The molecular formula is C3H8O2S2. The first-order valence-electron chi connectivity index (χ1n) is 1.67. The second kappa shape index (κ2) is 16.4. The molecule has 4 heteroatoms. The summed E-state index contributed by atoms with van der Waals surface area (Å²) in [7, 11) is 1.55. The van der Waals surface area contributed by atoms with Crippen molar-refractivity contribution in [2.24, 2.45) is 0 Å². The van der Waals surface area contributed by atoms with Crippen molar-refractivity contribution in [1.82, 2.24) is 0 Å². The lowest BCUT2D eigenvalue weighted by Crippen LogP contribution is -1.49. The molecule has 0 unspecified atom stereocenters. The van der Waals surface area contributed by atoms with Gasteiger partial charge in [-0.1, -0.05) is 17.7 Å². The third-order valence-corrected chi connectivity index (χ3v) is 1.16. The molecule has 0 heterocycles. The largest absolute Gasteiger partial charge is 0.483 e. The van der Waals surface area contributed by atoms with Crippen molar-refractivity contribution in [2.45, 2.75) is 6.92 Å². The summed E-state index contributed by atoms with van der Waals surface area (Å²) in [6, 6.07) is 0. The summed E-state index contributed by atoms with van der Waals surface area (Å²) in [4.78, 5) is 8.36. The number of hydrogen-bond acceptors (Lipinski definition) is 3. The second-order valence-electron chi connectivity index (χ2n) is 0.523. The van der Waals surface area contributed by atoms with E-state index >= 15 is 0 Å². The van der Waals surface area contributed by atoms with Gasteiger partial charge in [0.1, 0.15) is 0 Å². The predicted molar refractivity (Wildman–Crippen MR) is 35.8 cm³/mol. The molecule has 0 aromatic carbocycles. The first kappa shape index (κ1) is 10.2. The van der Waals surface area contributed by atoms with Crippen LogP contribution in [0.4, 0.5) is 0 Å². The highest BCUT2D eigenvalue weighted by molar-refractivity contribution is 8.68. The molecule has 0 atom stereocenters. The quantitative estimate of drug-likeness (QED) is 0.327. The van der Waals surface area contributed by atoms with Gasteiger partial charge >= 0.3 is 0 Å². The SMILES string of the molecule is CCSS.O=CO. The van der Waals surface area contributed by atoms with Crippen molar-refractivity contribution in [3.8, 4) is 0 Å². The summed E-state index contributed by atoms with van der Waals surface area (Å²) in [6.45, 7) is 1.82. The van der Waals surface area contributed by atoms with Gasteiger partial charge in [0.2, 0.25) is 0 Å². The van der Waals surface area contributed by atoms with Crippen LogP contribution in [0.2, 0.25) is 0 Å². The predicted octanol–water partition coefficient (Wildman–Crippen LogP) is 1.29. The molecule has 0 saturated heterocycles. The fourth-order valence-corrected chi connectivity index (χ4v) is 0. The minimum absolute atomic E-state index is 0.250. The fraction of sp³-hybridized carbons (Fsp3) is 0.667. The number of hydrogen-bond donors (Lipinski definition) is 2. The molecule has 0 rings (SSSR count). The van der Waals surface area contributed by atoms with Crippen LogP contribution in [0.5, 0.6) is 0 Å². The van der Waals surface area contributed by atoms with Crippen LogP contribution in [-0.2, 0) is 4.79 Å². The minimum Gasteiger partial charge on any atom is -0.483 e. The van der Waals surface area contributed by atoms with E-state index in [1.54, 1.807) is 10.8 Å². The Balaban J connectivity index is 0. The van der Waals surface area contributed by atoms with E-state index in [1.165, 1.54) is 0 Å². The molecule has 7 heavy (non-hydrogen) atoms. The van der Waals surface area contributed by atoms with Gasteiger partial charge in [0.05, 0.1) is 0 Å². The molecule has 0 fully saturated rings. The molecule has 1 N–H and O–H groups in total. The highest BCUT2D eigenvalue weighted by Gasteiger charge is 1.56. The van der Waals surface area contributed by atoms with E-state index in [2.05, 4.69) is 18.6 Å². The lowest BCUT2D eigenvalue weighted by atomic mass is 11.0. The molecule has 0 aromatic heterocycles. The number of thiol groups is 1. The van der Waals surface area contributed by atoms with Gasteiger partial charge in [-0.05, 0) is 0 Å². The molecule has 0 aromatic rings. The van der Waals surface area contributed by atoms with Crippen LogP contribution in [0.15, 0.2) is 0 Å². The van der Waals surface area contributed by atoms with Crippen molar-refractivity contribution in [3.05, 3.63) is 0 Å². The van der Waals surface area contributed by atoms with E-state index in [1.807, 2.05) is 0 Å². The topological polar surface area (TPSA) is 37.3 Å². The molecule has 0 spiro atoms. The normalized spacial score (nSPS) is 6.00. The Morgan fingerprint density at radius 1 is 2.00 bits per heavy atom. The number of rotatable bonds is 1. The summed E-state index contributed by atoms with van der Waals surface area (Å²) in [5.41, 5.74) is 0. The summed E-state index contributed by atoms with van der Waals surface area (Å²) < 4.78 is 0. The van der Waals surface area contributed by atoms with Crippen LogP contribution in [0.25, 0.3) is 0 Å². The zero-order valence-corrected chi connectivity index (χ0v) is 5.71. The second-order valence-corrected chi connectivity index (χ2v) is 2.13. The Labute approximate surface area is 52.1 Å². The van der Waals surface area contributed by atoms with Crippen LogP contribution in [0, 0.1) is 0 Å². The third-order valence-electron chi connectivity index (χ3n) is 0.129. The van der Waals surface area contributed by atoms with E-state index in [0.29, 0.717) is 0 Å². The minimum atomic E-state index is -0.250. The molecule has 0 bridgehead atoms. The molecule has 0 saturated carbocycles.